The second kappa shape index (κ2) is 7.56. The minimum Gasteiger partial charge on any atom is -0.497 e. The third-order valence-electron chi connectivity index (χ3n) is 4.64. The van der Waals surface area contributed by atoms with E-state index in [9.17, 15) is 4.79 Å². The van der Waals surface area contributed by atoms with E-state index in [-0.39, 0.29) is 11.9 Å². The molecule has 0 saturated carbocycles. The Hall–Kier alpha value is -2.89. The number of hydrogen-bond acceptors (Lipinski definition) is 5. The van der Waals surface area contributed by atoms with E-state index in [0.29, 0.717) is 30.2 Å². The van der Waals surface area contributed by atoms with Gasteiger partial charge in [-0.25, -0.2) is 0 Å². The highest BCUT2D eigenvalue weighted by Crippen LogP contribution is 2.41. The van der Waals surface area contributed by atoms with Gasteiger partial charge in [0.1, 0.15) is 5.75 Å². The van der Waals surface area contributed by atoms with Gasteiger partial charge in [0.15, 0.2) is 11.5 Å². The zero-order valence-electron chi connectivity index (χ0n) is 15.4. The quantitative estimate of drug-likeness (QED) is 0.712. The van der Waals surface area contributed by atoms with Crippen LogP contribution in [0, 0.1) is 0 Å². The first-order chi connectivity index (χ1) is 12.6. The average molecular weight is 357 g/mol. The fourth-order valence-corrected chi connectivity index (χ4v) is 3.20. The smallest absolute Gasteiger partial charge is 0.225 e. The summed E-state index contributed by atoms with van der Waals surface area (Å²) in [4.78, 5) is 14.0. The summed E-state index contributed by atoms with van der Waals surface area (Å²) in [5.74, 6) is 2.63. The van der Waals surface area contributed by atoms with Crippen LogP contribution in [0.25, 0.3) is 0 Å². The van der Waals surface area contributed by atoms with Crippen LogP contribution in [-0.4, -0.2) is 39.2 Å². The molecule has 1 aliphatic heterocycles. The van der Waals surface area contributed by atoms with Crippen LogP contribution < -0.4 is 18.9 Å². The Balaban J connectivity index is 1.83. The number of rotatable bonds is 7. The van der Waals surface area contributed by atoms with E-state index in [0.717, 1.165) is 16.9 Å². The highest BCUT2D eigenvalue weighted by Gasteiger charge is 2.37. The molecule has 0 aromatic heterocycles. The predicted molar refractivity (Wildman–Crippen MR) is 97.0 cm³/mol. The molecular formula is C20H23NO5. The van der Waals surface area contributed by atoms with Crippen LogP contribution in [0.3, 0.4) is 0 Å². The Kier molecular flexibility index (Phi) is 5.21. The number of carbonyl (C=O) groups excluding carboxylic acids is 1. The first kappa shape index (κ1) is 17.9. The van der Waals surface area contributed by atoms with Gasteiger partial charge < -0.3 is 23.8 Å². The van der Waals surface area contributed by atoms with Crippen LogP contribution in [0.4, 0.5) is 0 Å². The molecule has 1 saturated heterocycles. The Morgan fingerprint density at radius 2 is 1.54 bits per heavy atom. The van der Waals surface area contributed by atoms with Crippen molar-refractivity contribution >= 4 is 5.91 Å². The third-order valence-corrected chi connectivity index (χ3v) is 4.64. The van der Waals surface area contributed by atoms with Crippen molar-refractivity contribution in [3.8, 4) is 23.0 Å². The molecule has 1 heterocycles. The number of β-lactam (4-membered cyclic amide) rings is 1. The molecule has 1 atom stereocenters. The molecule has 0 spiro atoms. The summed E-state index contributed by atoms with van der Waals surface area (Å²) in [6.07, 6.45) is 0.511. The van der Waals surface area contributed by atoms with Crippen molar-refractivity contribution in [2.75, 3.05) is 28.4 Å². The SMILES string of the molecule is COc1ccc([C@H]2CC(=O)N2Cc2cc(OC)c(OC)c(OC)c2)cc1. The Labute approximate surface area is 153 Å². The third kappa shape index (κ3) is 3.27. The molecule has 0 radical (unpaired) electrons. The summed E-state index contributed by atoms with van der Waals surface area (Å²) < 4.78 is 21.3. The largest absolute Gasteiger partial charge is 0.497 e. The van der Waals surface area contributed by atoms with Crippen molar-refractivity contribution in [3.63, 3.8) is 0 Å². The van der Waals surface area contributed by atoms with Crippen LogP contribution in [0.15, 0.2) is 36.4 Å². The van der Waals surface area contributed by atoms with E-state index < -0.39 is 0 Å². The summed E-state index contributed by atoms with van der Waals surface area (Å²) >= 11 is 0. The van der Waals surface area contributed by atoms with Gasteiger partial charge in [-0.15, -0.1) is 0 Å². The number of carbonyl (C=O) groups is 1. The van der Waals surface area contributed by atoms with Gasteiger partial charge in [-0.2, -0.15) is 0 Å². The number of likely N-dealkylation sites (tertiary alicyclic amines) is 1. The van der Waals surface area contributed by atoms with E-state index in [2.05, 4.69) is 0 Å². The lowest BCUT2D eigenvalue weighted by atomic mass is 9.93. The number of nitrogens with zero attached hydrogens (tertiary/aromatic N) is 1. The van der Waals surface area contributed by atoms with Gasteiger partial charge in [0.25, 0.3) is 0 Å². The normalized spacial score (nSPS) is 16.1. The Bertz CT molecular complexity index is 762. The number of hydrogen-bond donors (Lipinski definition) is 0. The van der Waals surface area contributed by atoms with Crippen LogP contribution >= 0.6 is 0 Å². The maximum Gasteiger partial charge on any atom is 0.225 e. The van der Waals surface area contributed by atoms with Gasteiger partial charge in [-0.1, -0.05) is 12.1 Å². The molecule has 2 aromatic carbocycles. The second-order valence-corrected chi connectivity index (χ2v) is 6.05. The second-order valence-electron chi connectivity index (χ2n) is 6.05. The molecular weight excluding hydrogens is 334 g/mol. The van der Waals surface area contributed by atoms with Crippen LogP contribution in [0.2, 0.25) is 0 Å². The van der Waals surface area contributed by atoms with Gasteiger partial charge in [0.05, 0.1) is 40.9 Å². The summed E-state index contributed by atoms with van der Waals surface area (Å²) in [6, 6.07) is 11.6. The highest BCUT2D eigenvalue weighted by atomic mass is 16.5. The van der Waals surface area contributed by atoms with Gasteiger partial charge >= 0.3 is 0 Å². The molecule has 0 unspecified atom stereocenters. The monoisotopic (exact) mass is 357 g/mol. The van der Waals surface area contributed by atoms with Crippen LogP contribution in [0.5, 0.6) is 23.0 Å². The molecule has 0 bridgehead atoms. The van der Waals surface area contributed by atoms with E-state index in [1.165, 1.54) is 0 Å². The predicted octanol–water partition coefficient (Wildman–Crippen LogP) is 3.19. The maximum atomic E-state index is 12.2. The molecule has 2 aromatic rings. The van der Waals surface area contributed by atoms with E-state index in [4.69, 9.17) is 18.9 Å². The summed E-state index contributed by atoms with van der Waals surface area (Å²) in [7, 11) is 6.36. The molecule has 1 amide bonds. The van der Waals surface area contributed by atoms with Crippen molar-refractivity contribution in [1.82, 2.24) is 4.90 Å². The number of benzene rings is 2. The number of amides is 1. The molecule has 138 valence electrons. The van der Waals surface area contributed by atoms with Crippen LogP contribution in [0.1, 0.15) is 23.6 Å². The van der Waals surface area contributed by atoms with Crippen LogP contribution in [-0.2, 0) is 11.3 Å². The topological polar surface area (TPSA) is 57.2 Å². The van der Waals surface area contributed by atoms with Crippen molar-refractivity contribution in [2.24, 2.45) is 0 Å². The van der Waals surface area contributed by atoms with E-state index in [1.807, 2.05) is 41.3 Å². The van der Waals surface area contributed by atoms with Crippen molar-refractivity contribution in [2.45, 2.75) is 19.0 Å². The minimum atomic E-state index is 0.0625. The first-order valence-corrected chi connectivity index (χ1v) is 8.33. The summed E-state index contributed by atoms with van der Waals surface area (Å²) in [6.45, 7) is 0.478. The van der Waals surface area contributed by atoms with Gasteiger partial charge in [-0.05, 0) is 35.4 Å². The fraction of sp³-hybridized carbons (Fsp3) is 0.350. The molecule has 6 nitrogen and oxygen atoms in total. The molecule has 1 fully saturated rings. The summed E-state index contributed by atoms with van der Waals surface area (Å²) in [5, 5.41) is 0. The highest BCUT2D eigenvalue weighted by molar-refractivity contribution is 5.83. The standard InChI is InChI=1S/C20H23NO5/c1-23-15-7-5-14(6-8-15)16-11-19(22)21(16)12-13-9-17(24-2)20(26-4)18(10-13)25-3/h5-10,16H,11-12H2,1-4H3/t16-/m1/s1. The van der Waals surface area contributed by atoms with E-state index in [1.54, 1.807) is 28.4 Å². The van der Waals surface area contributed by atoms with Crippen molar-refractivity contribution in [3.05, 3.63) is 47.5 Å². The lowest BCUT2D eigenvalue weighted by Gasteiger charge is -2.41. The first-order valence-electron chi connectivity index (χ1n) is 8.33. The lowest BCUT2D eigenvalue weighted by molar-refractivity contribution is -0.147. The molecule has 3 rings (SSSR count). The summed E-state index contributed by atoms with van der Waals surface area (Å²) in [5.41, 5.74) is 2.02. The van der Waals surface area contributed by atoms with Gasteiger partial charge in [-0.3, -0.25) is 4.79 Å². The maximum absolute atomic E-state index is 12.2. The van der Waals surface area contributed by atoms with Gasteiger partial charge in [0, 0.05) is 6.54 Å². The zero-order chi connectivity index (χ0) is 18.7. The fourth-order valence-electron chi connectivity index (χ4n) is 3.20. The number of methoxy groups -OCH3 is 4. The molecule has 0 aliphatic carbocycles. The van der Waals surface area contributed by atoms with Crippen molar-refractivity contribution in [1.29, 1.82) is 0 Å². The average Bonchev–Trinajstić information content (AvgIpc) is 2.69. The van der Waals surface area contributed by atoms with Gasteiger partial charge in [0.2, 0.25) is 11.7 Å². The Morgan fingerprint density at radius 1 is 0.923 bits per heavy atom. The number of ether oxygens (including phenoxy) is 4. The molecule has 1 aliphatic rings. The molecule has 6 heteroatoms. The zero-order valence-corrected chi connectivity index (χ0v) is 15.4. The Morgan fingerprint density at radius 3 is 2.00 bits per heavy atom. The molecule has 26 heavy (non-hydrogen) atoms. The minimum absolute atomic E-state index is 0.0625. The van der Waals surface area contributed by atoms with E-state index >= 15 is 0 Å². The molecule has 0 N–H and O–H groups in total. The van der Waals surface area contributed by atoms with Crippen molar-refractivity contribution < 1.29 is 23.7 Å². The lowest BCUT2D eigenvalue weighted by Crippen LogP contribution is -2.45.